The molecule has 20 heavy (non-hydrogen) atoms. The lowest BCUT2D eigenvalue weighted by atomic mass is 10.2. The summed E-state index contributed by atoms with van der Waals surface area (Å²) < 4.78 is 3.14. The molecule has 6 nitrogen and oxygen atoms in total. The van der Waals surface area contributed by atoms with Crippen LogP contribution < -0.4 is 5.56 Å². The topological polar surface area (TPSA) is 65.6 Å². The number of benzene rings is 1. The number of nitrogens with zero attached hydrogens (tertiary/aromatic N) is 5. The van der Waals surface area contributed by atoms with E-state index in [1.165, 1.54) is 17.2 Å². The van der Waals surface area contributed by atoms with Crippen molar-refractivity contribution < 1.29 is 0 Å². The van der Waals surface area contributed by atoms with E-state index in [1.807, 2.05) is 0 Å². The average Bonchev–Trinajstić information content (AvgIpc) is 2.92. The molecule has 0 aliphatic heterocycles. The van der Waals surface area contributed by atoms with Gasteiger partial charge >= 0.3 is 0 Å². The van der Waals surface area contributed by atoms with E-state index in [0.29, 0.717) is 34.0 Å². The third-order valence-electron chi connectivity index (χ3n) is 2.88. The summed E-state index contributed by atoms with van der Waals surface area (Å²) in [5.41, 5.74) is 0.276. The van der Waals surface area contributed by atoms with Crippen molar-refractivity contribution in [2.45, 2.75) is 13.1 Å². The van der Waals surface area contributed by atoms with Crippen LogP contribution in [0.4, 0.5) is 0 Å². The van der Waals surface area contributed by atoms with E-state index in [9.17, 15) is 4.79 Å². The molecule has 0 aliphatic rings. The molecule has 2 aromatic heterocycles. The zero-order valence-electron chi connectivity index (χ0n) is 10.2. The standard InChI is InChI=1S/C12H9Cl2N5O/c13-8-3-9-11(10(14)4-8)16-7-18(12(9)20)1-2-19-6-15-5-17-19/h3-7H,1-2H2. The summed E-state index contributed by atoms with van der Waals surface area (Å²) in [5, 5.41) is 5.17. The van der Waals surface area contributed by atoms with Crippen molar-refractivity contribution in [2.75, 3.05) is 0 Å². The highest BCUT2D eigenvalue weighted by Gasteiger charge is 2.09. The van der Waals surface area contributed by atoms with Crippen molar-refractivity contribution in [3.05, 3.63) is 51.5 Å². The van der Waals surface area contributed by atoms with Crippen LogP contribution in [-0.2, 0) is 13.1 Å². The molecule has 0 amide bonds. The molecule has 0 aliphatic carbocycles. The van der Waals surface area contributed by atoms with Crippen molar-refractivity contribution in [2.24, 2.45) is 0 Å². The van der Waals surface area contributed by atoms with Gasteiger partial charge < -0.3 is 0 Å². The lowest BCUT2D eigenvalue weighted by molar-refractivity contribution is 0.520. The molecule has 0 saturated carbocycles. The number of hydrogen-bond donors (Lipinski definition) is 0. The Kier molecular flexibility index (Phi) is 3.42. The van der Waals surface area contributed by atoms with E-state index in [-0.39, 0.29) is 5.56 Å². The Bertz CT molecular complexity index is 813. The van der Waals surface area contributed by atoms with Crippen LogP contribution in [0, 0.1) is 0 Å². The van der Waals surface area contributed by atoms with E-state index in [2.05, 4.69) is 15.1 Å². The molecular weight excluding hydrogens is 301 g/mol. The molecule has 3 aromatic rings. The first kappa shape index (κ1) is 13.1. The van der Waals surface area contributed by atoms with E-state index in [0.717, 1.165) is 0 Å². The quantitative estimate of drug-likeness (QED) is 0.742. The monoisotopic (exact) mass is 309 g/mol. The van der Waals surface area contributed by atoms with Crippen LogP contribution in [0.2, 0.25) is 10.0 Å². The van der Waals surface area contributed by atoms with Gasteiger partial charge in [0.2, 0.25) is 0 Å². The maximum atomic E-state index is 12.4. The predicted octanol–water partition coefficient (Wildman–Crippen LogP) is 1.99. The highest BCUT2D eigenvalue weighted by atomic mass is 35.5. The fraction of sp³-hybridized carbons (Fsp3) is 0.167. The van der Waals surface area contributed by atoms with Crippen LogP contribution in [0.1, 0.15) is 0 Å². The summed E-state index contributed by atoms with van der Waals surface area (Å²) in [4.78, 5) is 20.4. The first-order valence-corrected chi connectivity index (χ1v) is 6.57. The van der Waals surface area contributed by atoms with Gasteiger partial charge in [0.1, 0.15) is 12.7 Å². The van der Waals surface area contributed by atoms with Crippen molar-refractivity contribution in [3.8, 4) is 0 Å². The third kappa shape index (κ3) is 2.39. The van der Waals surface area contributed by atoms with Gasteiger partial charge in [-0.05, 0) is 12.1 Å². The first-order valence-electron chi connectivity index (χ1n) is 5.82. The SMILES string of the molecule is O=c1c2cc(Cl)cc(Cl)c2ncn1CCn1cncn1. The highest BCUT2D eigenvalue weighted by Crippen LogP contribution is 2.23. The molecule has 2 heterocycles. The number of halogens is 2. The summed E-state index contributed by atoms with van der Waals surface area (Å²) in [6, 6.07) is 3.14. The Labute approximate surface area is 123 Å². The van der Waals surface area contributed by atoms with Crippen molar-refractivity contribution in [1.82, 2.24) is 24.3 Å². The Morgan fingerprint density at radius 3 is 2.75 bits per heavy atom. The minimum absolute atomic E-state index is 0.181. The van der Waals surface area contributed by atoms with Crippen molar-refractivity contribution >= 4 is 34.1 Å². The zero-order valence-corrected chi connectivity index (χ0v) is 11.7. The minimum Gasteiger partial charge on any atom is -0.297 e. The molecular formula is C12H9Cl2N5O. The largest absolute Gasteiger partial charge is 0.297 e. The normalized spacial score (nSPS) is 11.1. The fourth-order valence-corrected chi connectivity index (χ4v) is 2.45. The smallest absolute Gasteiger partial charge is 0.261 e. The summed E-state index contributed by atoms with van der Waals surface area (Å²) >= 11 is 12.0. The van der Waals surface area contributed by atoms with E-state index < -0.39 is 0 Å². The molecule has 8 heteroatoms. The molecule has 0 spiro atoms. The summed E-state index contributed by atoms with van der Waals surface area (Å²) in [7, 11) is 0. The van der Waals surface area contributed by atoms with Gasteiger partial charge in [-0.15, -0.1) is 0 Å². The van der Waals surface area contributed by atoms with Crippen molar-refractivity contribution in [1.29, 1.82) is 0 Å². The van der Waals surface area contributed by atoms with Gasteiger partial charge in [-0.25, -0.2) is 9.97 Å². The summed E-state index contributed by atoms with van der Waals surface area (Å²) in [6.07, 6.45) is 4.51. The van der Waals surface area contributed by atoms with Crippen LogP contribution in [-0.4, -0.2) is 24.3 Å². The molecule has 3 rings (SSSR count). The van der Waals surface area contributed by atoms with Crippen LogP contribution >= 0.6 is 23.2 Å². The zero-order chi connectivity index (χ0) is 14.1. The average molecular weight is 310 g/mol. The summed E-state index contributed by atoms with van der Waals surface area (Å²) in [5.74, 6) is 0. The second kappa shape index (κ2) is 5.22. The lowest BCUT2D eigenvalue weighted by Gasteiger charge is -2.07. The van der Waals surface area contributed by atoms with Gasteiger partial charge in [0.25, 0.3) is 5.56 Å². The second-order valence-electron chi connectivity index (χ2n) is 4.19. The Morgan fingerprint density at radius 2 is 2.00 bits per heavy atom. The number of rotatable bonds is 3. The Morgan fingerprint density at radius 1 is 1.15 bits per heavy atom. The van der Waals surface area contributed by atoms with Gasteiger partial charge in [-0.3, -0.25) is 14.0 Å². The van der Waals surface area contributed by atoms with Crippen LogP contribution in [0.25, 0.3) is 10.9 Å². The number of fused-ring (bicyclic) bond motifs is 1. The lowest BCUT2D eigenvalue weighted by Crippen LogP contribution is -2.23. The van der Waals surface area contributed by atoms with Crippen LogP contribution in [0.5, 0.6) is 0 Å². The third-order valence-corrected chi connectivity index (χ3v) is 3.39. The van der Waals surface area contributed by atoms with Gasteiger partial charge in [0.05, 0.1) is 28.8 Å². The van der Waals surface area contributed by atoms with Crippen molar-refractivity contribution in [3.63, 3.8) is 0 Å². The van der Waals surface area contributed by atoms with E-state index in [1.54, 1.807) is 23.1 Å². The molecule has 0 fully saturated rings. The second-order valence-corrected chi connectivity index (χ2v) is 5.03. The van der Waals surface area contributed by atoms with Crippen LogP contribution in [0.3, 0.4) is 0 Å². The van der Waals surface area contributed by atoms with Gasteiger partial charge in [-0.2, -0.15) is 5.10 Å². The maximum Gasteiger partial charge on any atom is 0.261 e. The van der Waals surface area contributed by atoms with Gasteiger partial charge in [-0.1, -0.05) is 23.2 Å². The van der Waals surface area contributed by atoms with E-state index in [4.69, 9.17) is 23.2 Å². The number of hydrogen-bond acceptors (Lipinski definition) is 4. The molecule has 0 saturated heterocycles. The van der Waals surface area contributed by atoms with E-state index >= 15 is 0 Å². The minimum atomic E-state index is -0.181. The Hall–Kier alpha value is -1.92. The molecule has 0 bridgehead atoms. The molecule has 0 atom stereocenters. The molecule has 0 unspecified atom stereocenters. The van der Waals surface area contributed by atoms with Gasteiger partial charge in [0, 0.05) is 11.6 Å². The maximum absolute atomic E-state index is 12.4. The predicted molar refractivity (Wildman–Crippen MR) is 76.0 cm³/mol. The number of aryl methyl sites for hydroxylation is 2. The van der Waals surface area contributed by atoms with Crippen LogP contribution in [0.15, 0.2) is 35.9 Å². The van der Waals surface area contributed by atoms with Gasteiger partial charge in [0.15, 0.2) is 0 Å². The molecule has 0 N–H and O–H groups in total. The fourth-order valence-electron chi connectivity index (χ4n) is 1.91. The highest BCUT2D eigenvalue weighted by molar-refractivity contribution is 6.38. The number of aromatic nitrogens is 5. The first-order chi connectivity index (χ1) is 9.65. The molecule has 102 valence electrons. The summed E-state index contributed by atoms with van der Waals surface area (Å²) in [6.45, 7) is 0.969. The Balaban J connectivity index is 2.00. The molecule has 1 aromatic carbocycles. The molecule has 0 radical (unpaired) electrons.